The second-order valence-electron chi connectivity index (χ2n) is 34.5. The topological polar surface area (TPSA) is 140 Å². The van der Waals surface area contributed by atoms with E-state index in [0.717, 1.165) is 234 Å². The van der Waals surface area contributed by atoms with Crippen LogP contribution in [0, 0.1) is 0 Å². The van der Waals surface area contributed by atoms with E-state index in [0.29, 0.717) is 51.7 Å². The first-order chi connectivity index (χ1) is 65.4. The molecule has 0 saturated carbocycles. The van der Waals surface area contributed by atoms with Crippen molar-refractivity contribution >= 4 is 237 Å². The Morgan fingerprint density at radius 3 is 1.23 bits per heavy atom. The minimum absolute atomic E-state index is 0.440. The van der Waals surface area contributed by atoms with Crippen LogP contribution in [0.4, 0.5) is 0 Å². The molecule has 0 unspecified atom stereocenters. The largest absolute Gasteiger partial charge is 0.455 e. The number of hydrogen-bond acceptors (Lipinski definition) is 12. The SMILES string of the molecule is c1ccc2cc3c(cc2c1)c1ccccc1n3-c1c(-c2nc(-c3cccc4c3oc3ccccc34)nc(-c3cccc4c3oc3ccccc34)n2)ccc2oc3c(-c4cccc5c4sc4ccc(-c6nc(-c7ccc8sc9ccccc9c8c7)nc(-c7c(-n8c9ccccc9c9cc%10ccccc%10cc98)c8c9ccccc9oc8c8ccccc78)n6)cc45)c4ccccc4cc3c12. The Labute approximate surface area is 755 Å². The molecule has 0 aliphatic heterocycles. The highest BCUT2D eigenvalue weighted by atomic mass is 32.1. The molecule has 10 aromatic heterocycles. The maximum atomic E-state index is 7.79. The molecule has 0 N–H and O–H groups in total. The third-order valence-corrected chi connectivity index (χ3v) is 29.7. The lowest BCUT2D eigenvalue weighted by atomic mass is 9.93. The molecule has 14 heteroatoms. The highest BCUT2D eigenvalue weighted by Gasteiger charge is 2.33. The number of para-hydroxylation sites is 7. The molecular formula is C118H62N8O4S2. The zero-order valence-corrected chi connectivity index (χ0v) is 71.5. The average molecular weight is 1720 g/mol. The first kappa shape index (κ1) is 71.8. The van der Waals surface area contributed by atoms with Gasteiger partial charge in [0.2, 0.25) is 0 Å². The summed E-state index contributed by atoms with van der Waals surface area (Å²) in [5.74, 6) is 2.93. The van der Waals surface area contributed by atoms with Crippen molar-refractivity contribution in [1.82, 2.24) is 39.0 Å². The molecule has 0 spiro atoms. The lowest BCUT2D eigenvalue weighted by Gasteiger charge is -2.19. The molecule has 610 valence electrons. The molecule has 0 aliphatic rings. The van der Waals surface area contributed by atoms with Crippen molar-refractivity contribution in [2.24, 2.45) is 0 Å². The van der Waals surface area contributed by atoms with Crippen molar-refractivity contribution in [3.8, 4) is 90.8 Å². The van der Waals surface area contributed by atoms with Crippen molar-refractivity contribution in [3.63, 3.8) is 0 Å². The lowest BCUT2D eigenvalue weighted by molar-refractivity contribution is 0.669. The molecular weight excluding hydrogens is 1660 g/mol. The minimum Gasteiger partial charge on any atom is -0.455 e. The Morgan fingerprint density at radius 1 is 0.197 bits per heavy atom. The van der Waals surface area contributed by atoms with Gasteiger partial charge < -0.3 is 26.8 Å². The fourth-order valence-electron chi connectivity index (χ4n) is 21.5. The molecule has 132 heavy (non-hydrogen) atoms. The zero-order chi connectivity index (χ0) is 85.8. The summed E-state index contributed by atoms with van der Waals surface area (Å²) in [6, 6.07) is 134. The van der Waals surface area contributed by atoms with Gasteiger partial charge in [-0.3, -0.25) is 0 Å². The molecule has 12 nitrogen and oxygen atoms in total. The van der Waals surface area contributed by atoms with Crippen LogP contribution in [0.1, 0.15) is 0 Å². The molecule has 30 rings (SSSR count). The summed E-state index contributed by atoms with van der Waals surface area (Å²) in [7, 11) is 0. The molecule has 0 amide bonds. The van der Waals surface area contributed by atoms with Gasteiger partial charge in [0.1, 0.15) is 44.7 Å². The maximum Gasteiger partial charge on any atom is 0.167 e. The monoisotopic (exact) mass is 1720 g/mol. The van der Waals surface area contributed by atoms with E-state index in [1.165, 1.54) is 20.2 Å². The van der Waals surface area contributed by atoms with Gasteiger partial charge >= 0.3 is 0 Å². The average Bonchev–Trinajstić information content (AvgIpc) is 1.52. The summed E-state index contributed by atoms with van der Waals surface area (Å²) in [6.45, 7) is 0. The first-order valence-corrected chi connectivity index (χ1v) is 45.9. The summed E-state index contributed by atoms with van der Waals surface area (Å²) in [5, 5.41) is 25.2. The van der Waals surface area contributed by atoms with Crippen LogP contribution in [0.25, 0.3) is 306 Å². The molecule has 0 aliphatic carbocycles. The molecule has 10 heterocycles. The van der Waals surface area contributed by atoms with E-state index < -0.39 is 0 Å². The van der Waals surface area contributed by atoms with Crippen LogP contribution in [0.3, 0.4) is 0 Å². The van der Waals surface area contributed by atoms with Gasteiger partial charge in [-0.05, 0) is 165 Å². The predicted molar refractivity (Wildman–Crippen MR) is 545 cm³/mol. The summed E-state index contributed by atoms with van der Waals surface area (Å²) in [6.07, 6.45) is 0. The summed E-state index contributed by atoms with van der Waals surface area (Å²) < 4.78 is 38.2. The number of furan rings is 4. The van der Waals surface area contributed by atoms with Crippen molar-refractivity contribution < 1.29 is 17.7 Å². The van der Waals surface area contributed by atoms with Crippen LogP contribution in [-0.2, 0) is 0 Å². The van der Waals surface area contributed by atoms with Crippen LogP contribution in [0.2, 0.25) is 0 Å². The van der Waals surface area contributed by atoms with Gasteiger partial charge in [0.25, 0.3) is 0 Å². The third kappa shape index (κ3) is 10.3. The fraction of sp³-hybridized carbons (Fsp3) is 0. The van der Waals surface area contributed by atoms with E-state index in [4.69, 9.17) is 47.6 Å². The van der Waals surface area contributed by atoms with Crippen molar-refractivity contribution in [2.45, 2.75) is 0 Å². The third-order valence-electron chi connectivity index (χ3n) is 27.3. The van der Waals surface area contributed by atoms with Gasteiger partial charge in [-0.25, -0.2) is 29.9 Å². The van der Waals surface area contributed by atoms with E-state index in [2.05, 4.69) is 349 Å². The number of benzene rings is 20. The van der Waals surface area contributed by atoms with E-state index in [9.17, 15) is 0 Å². The Balaban J connectivity index is 0.663. The normalized spacial score (nSPS) is 12.4. The number of nitrogens with zero attached hydrogens (tertiary/aromatic N) is 8. The maximum absolute atomic E-state index is 7.79. The van der Waals surface area contributed by atoms with Crippen LogP contribution >= 0.6 is 22.7 Å². The smallest absolute Gasteiger partial charge is 0.167 e. The quantitative estimate of drug-likeness (QED) is 0.137. The zero-order valence-electron chi connectivity index (χ0n) is 69.8. The van der Waals surface area contributed by atoms with Crippen molar-refractivity contribution in [3.05, 3.63) is 376 Å². The summed E-state index contributed by atoms with van der Waals surface area (Å²) in [4.78, 5) is 34.5. The highest BCUT2D eigenvalue weighted by molar-refractivity contribution is 7.26. The molecule has 0 atom stereocenters. The molecule has 20 aromatic carbocycles. The summed E-state index contributed by atoms with van der Waals surface area (Å²) >= 11 is 3.58. The number of thiophene rings is 2. The number of rotatable bonds is 9. The van der Waals surface area contributed by atoms with Crippen LogP contribution < -0.4 is 0 Å². The second kappa shape index (κ2) is 27.1. The number of aromatic nitrogens is 8. The van der Waals surface area contributed by atoms with Gasteiger partial charge in [0, 0.05) is 127 Å². The Morgan fingerprint density at radius 2 is 0.614 bits per heavy atom. The van der Waals surface area contributed by atoms with Gasteiger partial charge in [0.15, 0.2) is 34.9 Å². The summed E-state index contributed by atoms with van der Waals surface area (Å²) in [5.41, 5.74) is 18.6. The van der Waals surface area contributed by atoms with E-state index >= 15 is 0 Å². The van der Waals surface area contributed by atoms with Crippen LogP contribution in [0.5, 0.6) is 0 Å². The molecule has 0 bridgehead atoms. The van der Waals surface area contributed by atoms with Crippen LogP contribution in [0.15, 0.2) is 394 Å². The fourth-order valence-corrected chi connectivity index (χ4v) is 23.8. The first-order valence-electron chi connectivity index (χ1n) is 44.3. The second-order valence-corrected chi connectivity index (χ2v) is 36.6. The van der Waals surface area contributed by atoms with Crippen molar-refractivity contribution in [2.75, 3.05) is 0 Å². The minimum atomic E-state index is 0.440. The predicted octanol–water partition coefficient (Wildman–Crippen LogP) is 32.9. The van der Waals surface area contributed by atoms with Crippen LogP contribution in [-0.4, -0.2) is 39.0 Å². The molecule has 30 aromatic rings. The van der Waals surface area contributed by atoms with Gasteiger partial charge in [-0.2, -0.15) is 0 Å². The standard InChI is InChI=1S/C118H62N8O4S2/c1-3-26-65-61-93-86(56-63(65)24-1)71-30-9-15-44-91(71)125(93)106-83(115-122-116(84-42-21-38-77-73-32-11-17-46-95(73)127-108(77)84)124-117(123-115)85-43-22-39-78-74-33-12-18-47-96(74)128-109(78)85)52-53-98-103(106)90-58-67-28-5-6-29-70(67)102(111(90)130-98)82-41-23-40-80-89-60-69(51-55-101(89)132-112(80)82)114-119-113(68-50-54-100-88(59-68)75-34-14-20-49-99(75)131-100)120-118(121-114)105-76-35-7-8-36-79(76)110-104(81-37-13-19-48-97(81)129-110)107(105)126-92-45-16-10-31-72(92)87-57-64-25-2-4-27-66(64)62-94(87)126/h1-62H. The van der Waals surface area contributed by atoms with E-state index in [1.54, 1.807) is 22.7 Å². The molecule has 0 radical (unpaired) electrons. The van der Waals surface area contributed by atoms with E-state index in [-0.39, 0.29) is 0 Å². The van der Waals surface area contributed by atoms with Gasteiger partial charge in [-0.1, -0.05) is 249 Å². The Hall–Kier alpha value is -17.3. The molecule has 0 fully saturated rings. The van der Waals surface area contributed by atoms with Gasteiger partial charge in [0.05, 0.1) is 60.9 Å². The lowest BCUT2D eigenvalue weighted by Crippen LogP contribution is -2.05. The highest BCUT2D eigenvalue weighted by Crippen LogP contribution is 2.54. The van der Waals surface area contributed by atoms with E-state index in [1.807, 2.05) is 36.4 Å². The number of fused-ring (bicyclic) bond motifs is 29. The number of hydrogen-bond donors (Lipinski definition) is 0. The van der Waals surface area contributed by atoms with Gasteiger partial charge in [-0.15, -0.1) is 22.7 Å². The Kier molecular flexibility index (Phi) is 14.8. The van der Waals surface area contributed by atoms with Crippen molar-refractivity contribution in [1.29, 1.82) is 0 Å². The Bertz CT molecular complexity index is 10300. The molecule has 0 saturated heterocycles.